The molecule has 0 spiro atoms. The van der Waals surface area contributed by atoms with Crippen LogP contribution >= 0.6 is 69.6 Å². The topological polar surface area (TPSA) is 294 Å². The maximum Gasteiger partial charge on any atom is 0.240 e. The third-order valence-electron chi connectivity index (χ3n) is 18.5. The zero-order valence-electron chi connectivity index (χ0n) is 62.4. The van der Waals surface area contributed by atoms with Crippen LogP contribution in [-0.2, 0) is 92.5 Å². The Labute approximate surface area is 677 Å². The molecule has 604 valence electrons. The van der Waals surface area contributed by atoms with Crippen molar-refractivity contribution in [1.82, 2.24) is 49.7 Å². The molecule has 3 aliphatic rings. The van der Waals surface area contributed by atoms with E-state index in [0.717, 1.165) is 50.1 Å². The summed E-state index contributed by atoms with van der Waals surface area (Å²) in [6.07, 6.45) is 5.14. The number of carbonyl (C=O) groups excluding carboxylic acids is 3. The Balaban J connectivity index is 0.693. The molecule has 0 fully saturated rings. The van der Waals surface area contributed by atoms with Crippen LogP contribution in [0, 0.1) is 0 Å². The minimum absolute atomic E-state index is 0.0266. The molecule has 5 aromatic carbocycles. The lowest BCUT2D eigenvalue weighted by Crippen LogP contribution is -2.38. The number of ether oxygens (including phenoxy) is 6. The Hall–Kier alpha value is -5.20. The number of nitrogens with one attached hydrogen (secondary N) is 6. The normalized spacial score (nSPS) is 16.6. The molecule has 0 aliphatic carbocycles. The van der Waals surface area contributed by atoms with Crippen LogP contribution in [0.15, 0.2) is 130 Å². The van der Waals surface area contributed by atoms with Gasteiger partial charge in [0, 0.05) is 165 Å². The Kier molecular flexibility index (Phi) is 37.1. The number of fused-ring (bicyclic) bond motifs is 3. The van der Waals surface area contributed by atoms with Crippen LogP contribution in [0.2, 0.25) is 30.1 Å². The molecule has 0 bridgehead atoms. The molecule has 3 heterocycles. The summed E-state index contributed by atoms with van der Waals surface area (Å²) in [6, 6.07) is 24.5. The quantitative estimate of drug-likeness (QED) is 0.0156. The van der Waals surface area contributed by atoms with Crippen molar-refractivity contribution in [3.63, 3.8) is 0 Å². The predicted molar refractivity (Wildman–Crippen MR) is 431 cm³/mol. The summed E-state index contributed by atoms with van der Waals surface area (Å²) in [5.74, 6) is -1.15. The van der Waals surface area contributed by atoms with Crippen LogP contribution in [0.5, 0.6) is 0 Å². The van der Waals surface area contributed by atoms with E-state index in [0.29, 0.717) is 69.4 Å². The van der Waals surface area contributed by atoms with Crippen LogP contribution in [0.3, 0.4) is 0 Å². The molecule has 0 saturated carbocycles. The van der Waals surface area contributed by atoms with E-state index in [2.05, 4.69) is 51.4 Å². The van der Waals surface area contributed by atoms with Gasteiger partial charge in [0.15, 0.2) is 0 Å². The number of hydrogen-bond donors (Lipinski definition) is 6. The van der Waals surface area contributed by atoms with E-state index < -0.39 is 30.1 Å². The van der Waals surface area contributed by atoms with Crippen LogP contribution < -0.4 is 30.1 Å². The average Bonchev–Trinajstić information content (AvgIpc) is 0.777. The van der Waals surface area contributed by atoms with Crippen molar-refractivity contribution in [2.45, 2.75) is 73.4 Å². The first-order valence-electron chi connectivity index (χ1n) is 36.3. The average molecular weight is 1700 g/mol. The zero-order valence-corrected chi connectivity index (χ0v) is 69.4. The number of rotatable bonds is 47. The fraction of sp³-hybridized carbons (Fsp3) is 0.487. The molecule has 0 saturated heterocycles. The highest BCUT2D eigenvalue weighted by atomic mass is 35.5. The van der Waals surface area contributed by atoms with E-state index in [1.807, 2.05) is 56.4 Å². The van der Waals surface area contributed by atoms with Crippen molar-refractivity contribution < 1.29 is 68.1 Å². The highest BCUT2D eigenvalue weighted by Crippen LogP contribution is 2.42. The summed E-state index contributed by atoms with van der Waals surface area (Å²) in [7, 11) is -5.55. The molecule has 8 rings (SSSR count). The number of amides is 3. The van der Waals surface area contributed by atoms with Crippen LogP contribution in [0.25, 0.3) is 0 Å². The maximum atomic E-state index is 13.4. The smallest absolute Gasteiger partial charge is 0.240 e. The summed E-state index contributed by atoms with van der Waals surface area (Å²) >= 11 is 38.7. The van der Waals surface area contributed by atoms with E-state index in [9.17, 15) is 39.6 Å². The summed E-state index contributed by atoms with van der Waals surface area (Å²) in [4.78, 5) is 47.7. The number of carbonyl (C=O) groups is 3. The molecule has 3 atom stereocenters. The third kappa shape index (κ3) is 29.0. The fourth-order valence-corrected chi connectivity index (χ4v) is 17.6. The molecule has 0 unspecified atom stereocenters. The van der Waals surface area contributed by atoms with Gasteiger partial charge in [-0.1, -0.05) is 113 Å². The SMILES string of the molecule is C=C(/C=C\C=C(/C)S(=O)(=O)NCCOCCOCCNC(=O)CCN(CCC(=O)NCCOCCOCCNS(=O)(=O)c1cccc([C@@H]2CN(C)Cc3c(Cl)cc(Cl)cc32)c1)CCC(=O)NCCOCCOCCNS(=O)(=O)c1cccc([C@@H]2CN(C)Cc3c(Cl)cc(Cl)cc32)c1)[C@@H]1CN(C)Cc2c(Cl)cc(Cl)cc21. The van der Waals surface area contributed by atoms with Crippen molar-refractivity contribution in [3.05, 3.63) is 195 Å². The van der Waals surface area contributed by atoms with Gasteiger partial charge in [0.05, 0.1) is 94.0 Å². The van der Waals surface area contributed by atoms with Crippen molar-refractivity contribution in [3.8, 4) is 0 Å². The Bertz CT molecular complexity index is 4180. The summed E-state index contributed by atoms with van der Waals surface area (Å²) in [5.41, 5.74) is 8.29. The molecular weight excluding hydrogens is 1600 g/mol. The first-order valence-corrected chi connectivity index (χ1v) is 43.0. The van der Waals surface area contributed by atoms with Gasteiger partial charge in [-0.3, -0.25) is 14.4 Å². The third-order valence-corrected chi connectivity index (χ3v) is 24.7. The van der Waals surface area contributed by atoms with E-state index in [1.165, 1.54) is 13.0 Å². The standard InChI is InChI=1S/C76H100Cl6N10O15S3/c1-53(65-47-89(3)50-68-62(65)41-57(77)44-71(68)80)9-6-10-54(2)108(96,97)86-21-30-105-36-33-102-27-18-83-74(93)15-24-92(25-16-75(94)84-19-28-103-34-37-106-31-22-87-109(98,99)60-13-7-11-55(39-60)66-48-90(4)51-69-63(66)42-58(78)45-72(69)81)26-17-76(95)85-20-29-104-35-38-107-32-23-88-110(100,101)61-14-8-12-56(40-61)67-49-91(5)52-70-64(67)43-59(79)46-73(70)82/h6-14,39-46,65-67,86-88H,1,15-38,47-52H2,2-5H3,(H,83,93)(H,84,94)(H,85,95)/b9-6-,54-10+/t65-,66-,67-/m0/s1. The summed E-state index contributed by atoms with van der Waals surface area (Å²) in [6.45, 7) is 13.1. The number of benzene rings is 5. The Morgan fingerprint density at radius 2 is 0.818 bits per heavy atom. The predicted octanol–water partition coefficient (Wildman–Crippen LogP) is 9.10. The first kappa shape index (κ1) is 90.3. The first-order chi connectivity index (χ1) is 52.6. The van der Waals surface area contributed by atoms with E-state index in [-0.39, 0.29) is 208 Å². The van der Waals surface area contributed by atoms with Gasteiger partial charge in [0.1, 0.15) is 0 Å². The van der Waals surface area contributed by atoms with Crippen LogP contribution in [0.4, 0.5) is 0 Å². The molecule has 3 amide bonds. The zero-order chi connectivity index (χ0) is 79.4. The minimum atomic E-state index is -3.87. The van der Waals surface area contributed by atoms with Gasteiger partial charge in [-0.05, 0) is 145 Å². The molecule has 25 nitrogen and oxygen atoms in total. The number of halogens is 6. The second-order valence-corrected chi connectivity index (χ2v) is 35.0. The van der Waals surface area contributed by atoms with Gasteiger partial charge < -0.3 is 64.0 Å². The highest BCUT2D eigenvalue weighted by molar-refractivity contribution is 7.93. The molecule has 5 aromatic rings. The van der Waals surface area contributed by atoms with Gasteiger partial charge in [0.2, 0.25) is 47.8 Å². The molecule has 34 heteroatoms. The van der Waals surface area contributed by atoms with E-state index in [4.69, 9.17) is 98.0 Å². The number of likely N-dealkylation sites (N-methyl/N-ethyl adjacent to an activating group) is 3. The van der Waals surface area contributed by atoms with Crippen LogP contribution in [-0.4, -0.2) is 242 Å². The number of nitrogens with zero attached hydrogens (tertiary/aromatic N) is 4. The van der Waals surface area contributed by atoms with Crippen LogP contribution in [0.1, 0.15) is 88.4 Å². The Morgan fingerprint density at radius 3 is 1.21 bits per heavy atom. The van der Waals surface area contributed by atoms with Gasteiger partial charge in [-0.25, -0.2) is 39.4 Å². The number of hydrogen-bond acceptors (Lipinski definition) is 19. The fourth-order valence-electron chi connectivity index (χ4n) is 12.9. The molecule has 0 radical (unpaired) electrons. The summed E-state index contributed by atoms with van der Waals surface area (Å²) in [5, 5.41) is 11.8. The number of allylic oxidation sites excluding steroid dienone is 4. The van der Waals surface area contributed by atoms with E-state index >= 15 is 0 Å². The molecule has 0 aromatic heterocycles. The maximum absolute atomic E-state index is 13.4. The molecule has 3 aliphatic heterocycles. The van der Waals surface area contributed by atoms with Crippen molar-refractivity contribution in [2.24, 2.45) is 0 Å². The lowest BCUT2D eigenvalue weighted by Gasteiger charge is -2.33. The van der Waals surface area contributed by atoms with Crippen molar-refractivity contribution >= 4 is 117 Å². The summed E-state index contributed by atoms with van der Waals surface area (Å²) < 4.78 is 121. The van der Waals surface area contributed by atoms with Crippen molar-refractivity contribution in [1.29, 1.82) is 0 Å². The minimum Gasteiger partial charge on any atom is -0.378 e. The lowest BCUT2D eigenvalue weighted by atomic mass is 9.85. The second kappa shape index (κ2) is 45.2. The number of sulfonamides is 3. The molecule has 6 N–H and O–H groups in total. The monoisotopic (exact) mass is 1700 g/mol. The van der Waals surface area contributed by atoms with E-state index in [1.54, 1.807) is 66.7 Å². The molecular formula is C76H100Cl6N10O15S3. The van der Waals surface area contributed by atoms with Crippen molar-refractivity contribution in [2.75, 3.05) is 179 Å². The van der Waals surface area contributed by atoms with Gasteiger partial charge in [0.25, 0.3) is 0 Å². The second-order valence-electron chi connectivity index (χ2n) is 27.0. The Morgan fingerprint density at radius 1 is 0.473 bits per heavy atom. The molecule has 110 heavy (non-hydrogen) atoms. The van der Waals surface area contributed by atoms with Gasteiger partial charge in [-0.15, -0.1) is 0 Å². The lowest BCUT2D eigenvalue weighted by molar-refractivity contribution is -0.121. The largest absolute Gasteiger partial charge is 0.378 e. The van der Waals surface area contributed by atoms with Gasteiger partial charge in [-0.2, -0.15) is 0 Å². The highest BCUT2D eigenvalue weighted by Gasteiger charge is 2.32. The van der Waals surface area contributed by atoms with Gasteiger partial charge >= 0.3 is 0 Å².